The van der Waals surface area contributed by atoms with E-state index in [-0.39, 0.29) is 11.3 Å². The summed E-state index contributed by atoms with van der Waals surface area (Å²) in [5, 5.41) is 20.8. The van der Waals surface area contributed by atoms with Gasteiger partial charge in [-0.1, -0.05) is 42.5 Å². The zero-order chi connectivity index (χ0) is 14.1. The van der Waals surface area contributed by atoms with Crippen LogP contribution in [0.3, 0.4) is 0 Å². The lowest BCUT2D eigenvalue weighted by Gasteiger charge is -2.10. The third-order valence-corrected chi connectivity index (χ3v) is 3.31. The number of aromatic hydroxyl groups is 1. The Hall–Kier alpha value is -2.81. The summed E-state index contributed by atoms with van der Waals surface area (Å²) in [6.45, 7) is 0. The van der Waals surface area contributed by atoms with E-state index in [0.29, 0.717) is 0 Å². The number of fused-ring (bicyclic) bond motifs is 1. The van der Waals surface area contributed by atoms with E-state index in [4.69, 9.17) is 5.11 Å². The maximum Gasteiger partial charge on any atom is 0.335 e. The Bertz CT molecular complexity index is 792. The number of hydrogen-bond donors (Lipinski definition) is 2. The minimum Gasteiger partial charge on any atom is -0.507 e. The van der Waals surface area contributed by atoms with Crippen LogP contribution in [0, 0.1) is 0 Å². The fraction of sp³-hybridized carbons (Fsp3) is 0. The predicted octanol–water partition coefficient (Wildman–Crippen LogP) is 3.91. The molecule has 20 heavy (non-hydrogen) atoms. The summed E-state index contributed by atoms with van der Waals surface area (Å²) in [6, 6.07) is 17.8. The zero-order valence-electron chi connectivity index (χ0n) is 10.6. The van der Waals surface area contributed by atoms with Gasteiger partial charge in [0.15, 0.2) is 0 Å². The fourth-order valence-corrected chi connectivity index (χ4v) is 2.36. The largest absolute Gasteiger partial charge is 0.507 e. The van der Waals surface area contributed by atoms with Crippen LogP contribution in [-0.2, 0) is 0 Å². The minimum absolute atomic E-state index is 0.187. The third kappa shape index (κ3) is 1.99. The van der Waals surface area contributed by atoms with Gasteiger partial charge >= 0.3 is 5.97 Å². The Morgan fingerprint density at radius 3 is 2.35 bits per heavy atom. The van der Waals surface area contributed by atoms with Crippen LogP contribution in [0.4, 0.5) is 0 Å². The van der Waals surface area contributed by atoms with Crippen molar-refractivity contribution in [1.29, 1.82) is 0 Å². The second kappa shape index (κ2) is 4.70. The van der Waals surface area contributed by atoms with Crippen molar-refractivity contribution in [3.63, 3.8) is 0 Å². The summed E-state index contributed by atoms with van der Waals surface area (Å²) in [4.78, 5) is 11.0. The molecule has 0 aliphatic heterocycles. The average Bonchev–Trinajstić information content (AvgIpc) is 2.47. The van der Waals surface area contributed by atoms with Gasteiger partial charge in [0.05, 0.1) is 5.56 Å². The molecule has 0 saturated heterocycles. The van der Waals surface area contributed by atoms with E-state index in [1.807, 2.05) is 30.3 Å². The first-order valence-corrected chi connectivity index (χ1v) is 6.21. The molecule has 0 saturated carbocycles. The molecular formula is C17H12O3. The van der Waals surface area contributed by atoms with Gasteiger partial charge in [-0.2, -0.15) is 0 Å². The van der Waals surface area contributed by atoms with Gasteiger partial charge in [-0.15, -0.1) is 0 Å². The van der Waals surface area contributed by atoms with E-state index in [1.54, 1.807) is 30.3 Å². The first kappa shape index (κ1) is 12.2. The van der Waals surface area contributed by atoms with Crippen LogP contribution in [0.25, 0.3) is 21.9 Å². The lowest BCUT2D eigenvalue weighted by Crippen LogP contribution is -1.95. The summed E-state index contributed by atoms with van der Waals surface area (Å²) in [5.74, 6) is -0.770. The number of benzene rings is 3. The summed E-state index contributed by atoms with van der Waals surface area (Å²) < 4.78 is 0. The van der Waals surface area contributed by atoms with E-state index in [9.17, 15) is 9.90 Å². The Kier molecular flexibility index (Phi) is 2.88. The first-order valence-electron chi connectivity index (χ1n) is 6.21. The molecule has 0 aromatic heterocycles. The molecule has 3 aromatic carbocycles. The van der Waals surface area contributed by atoms with Gasteiger partial charge in [-0.25, -0.2) is 4.79 Å². The van der Waals surface area contributed by atoms with Crippen molar-refractivity contribution in [2.45, 2.75) is 0 Å². The number of phenols is 1. The van der Waals surface area contributed by atoms with Gasteiger partial charge in [-0.3, -0.25) is 0 Å². The predicted molar refractivity (Wildman–Crippen MR) is 78.0 cm³/mol. The quantitative estimate of drug-likeness (QED) is 0.737. The summed E-state index contributed by atoms with van der Waals surface area (Å²) in [6.07, 6.45) is 0. The Morgan fingerprint density at radius 2 is 1.65 bits per heavy atom. The highest BCUT2D eigenvalue weighted by molar-refractivity contribution is 6.02. The van der Waals surface area contributed by atoms with Crippen LogP contribution in [0.2, 0.25) is 0 Å². The van der Waals surface area contributed by atoms with Crippen LogP contribution in [0.5, 0.6) is 5.75 Å². The Balaban J connectivity index is 2.31. The molecule has 0 atom stereocenters. The molecule has 0 radical (unpaired) electrons. The van der Waals surface area contributed by atoms with Gasteiger partial charge < -0.3 is 10.2 Å². The standard InChI is InChI=1S/C17H12O3/c18-15-9-7-12-10-13(17(19)20)6-8-14(12)16(15)11-4-2-1-3-5-11/h1-10,18H,(H,19,20). The Labute approximate surface area is 115 Å². The fourth-order valence-electron chi connectivity index (χ4n) is 2.36. The number of rotatable bonds is 2. The topological polar surface area (TPSA) is 57.5 Å². The maximum absolute atomic E-state index is 11.0. The molecule has 3 aromatic rings. The van der Waals surface area contributed by atoms with Crippen LogP contribution < -0.4 is 0 Å². The number of carboxylic acids is 1. The van der Waals surface area contributed by atoms with Crippen molar-refractivity contribution in [1.82, 2.24) is 0 Å². The molecular weight excluding hydrogens is 252 g/mol. The molecule has 0 bridgehead atoms. The van der Waals surface area contributed by atoms with Crippen LogP contribution >= 0.6 is 0 Å². The highest BCUT2D eigenvalue weighted by atomic mass is 16.4. The van der Waals surface area contributed by atoms with Gasteiger partial charge in [0, 0.05) is 5.56 Å². The van der Waals surface area contributed by atoms with Crippen molar-refractivity contribution in [2.24, 2.45) is 0 Å². The molecule has 0 unspecified atom stereocenters. The van der Waals surface area contributed by atoms with Gasteiger partial charge in [0.25, 0.3) is 0 Å². The zero-order valence-corrected chi connectivity index (χ0v) is 10.6. The van der Waals surface area contributed by atoms with Gasteiger partial charge in [-0.05, 0) is 34.5 Å². The van der Waals surface area contributed by atoms with E-state index in [1.165, 1.54) is 0 Å². The molecule has 0 heterocycles. The number of carboxylic acid groups (broad SMARTS) is 1. The number of hydrogen-bond acceptors (Lipinski definition) is 2. The van der Waals surface area contributed by atoms with E-state index < -0.39 is 5.97 Å². The van der Waals surface area contributed by atoms with Crippen molar-refractivity contribution >= 4 is 16.7 Å². The number of phenolic OH excluding ortho intramolecular Hbond substituents is 1. The van der Waals surface area contributed by atoms with Crippen molar-refractivity contribution in [3.8, 4) is 16.9 Å². The first-order chi connectivity index (χ1) is 9.66. The van der Waals surface area contributed by atoms with Crippen LogP contribution in [0.1, 0.15) is 10.4 Å². The monoisotopic (exact) mass is 264 g/mol. The van der Waals surface area contributed by atoms with Crippen molar-refractivity contribution in [2.75, 3.05) is 0 Å². The van der Waals surface area contributed by atoms with Gasteiger partial charge in [0.1, 0.15) is 5.75 Å². The molecule has 0 aliphatic rings. The molecule has 3 heteroatoms. The molecule has 3 rings (SSSR count). The summed E-state index contributed by atoms with van der Waals surface area (Å²) >= 11 is 0. The van der Waals surface area contributed by atoms with Gasteiger partial charge in [0.2, 0.25) is 0 Å². The molecule has 0 amide bonds. The summed E-state index contributed by atoms with van der Waals surface area (Å²) in [7, 11) is 0. The molecule has 3 nitrogen and oxygen atoms in total. The highest BCUT2D eigenvalue weighted by Crippen LogP contribution is 2.36. The van der Waals surface area contributed by atoms with Crippen molar-refractivity contribution in [3.05, 3.63) is 66.2 Å². The van der Waals surface area contributed by atoms with Crippen LogP contribution in [-0.4, -0.2) is 16.2 Å². The lowest BCUT2D eigenvalue weighted by atomic mass is 9.96. The number of aromatic carboxylic acids is 1. The number of carbonyl (C=O) groups is 1. The highest BCUT2D eigenvalue weighted by Gasteiger charge is 2.11. The SMILES string of the molecule is O=C(O)c1ccc2c(-c3ccccc3)c(O)ccc2c1. The van der Waals surface area contributed by atoms with E-state index in [2.05, 4.69) is 0 Å². The average molecular weight is 264 g/mol. The maximum atomic E-state index is 11.0. The molecule has 0 spiro atoms. The Morgan fingerprint density at radius 1 is 0.900 bits per heavy atom. The second-order valence-corrected chi connectivity index (χ2v) is 4.57. The summed E-state index contributed by atoms with van der Waals surface area (Å²) in [5.41, 5.74) is 1.86. The molecule has 0 fully saturated rings. The minimum atomic E-state index is -0.957. The third-order valence-electron chi connectivity index (χ3n) is 3.31. The lowest BCUT2D eigenvalue weighted by molar-refractivity contribution is 0.0697. The smallest absolute Gasteiger partial charge is 0.335 e. The normalized spacial score (nSPS) is 10.6. The molecule has 2 N–H and O–H groups in total. The molecule has 0 aliphatic carbocycles. The van der Waals surface area contributed by atoms with E-state index in [0.717, 1.165) is 21.9 Å². The second-order valence-electron chi connectivity index (χ2n) is 4.57. The van der Waals surface area contributed by atoms with Crippen LogP contribution in [0.15, 0.2) is 60.7 Å². The van der Waals surface area contributed by atoms with Crippen molar-refractivity contribution < 1.29 is 15.0 Å². The van der Waals surface area contributed by atoms with E-state index >= 15 is 0 Å². The molecule has 98 valence electrons.